The number of rotatable bonds is 3. The number of hydrogen-bond donors (Lipinski definition) is 1. The molecule has 4 nitrogen and oxygen atoms in total. The molecule has 1 aromatic carbocycles. The van der Waals surface area contributed by atoms with Crippen molar-refractivity contribution in [2.75, 3.05) is 18.8 Å². The van der Waals surface area contributed by atoms with Crippen LogP contribution in [0.4, 0.5) is 10.1 Å². The topological polar surface area (TPSA) is 63.4 Å². The van der Waals surface area contributed by atoms with Crippen molar-refractivity contribution in [3.05, 3.63) is 24.0 Å². The predicted molar refractivity (Wildman–Crippen MR) is 77.2 cm³/mol. The Bertz CT molecular complexity index is 575. The molecular weight excluding hydrogens is 279 g/mol. The molecule has 2 N–H and O–H groups in total. The monoisotopic (exact) mass is 300 g/mol. The van der Waals surface area contributed by atoms with Gasteiger partial charge < -0.3 is 5.73 Å². The van der Waals surface area contributed by atoms with E-state index in [2.05, 4.69) is 6.92 Å². The van der Waals surface area contributed by atoms with Crippen LogP contribution >= 0.6 is 0 Å². The zero-order valence-electron chi connectivity index (χ0n) is 11.7. The lowest BCUT2D eigenvalue weighted by Gasteiger charge is -2.21. The van der Waals surface area contributed by atoms with E-state index >= 15 is 0 Å². The lowest BCUT2D eigenvalue weighted by molar-refractivity contribution is 0.407. The van der Waals surface area contributed by atoms with Crippen molar-refractivity contribution >= 4 is 15.7 Å². The molecule has 1 fully saturated rings. The van der Waals surface area contributed by atoms with Gasteiger partial charge in [-0.3, -0.25) is 0 Å². The molecule has 1 aliphatic rings. The summed E-state index contributed by atoms with van der Waals surface area (Å²) >= 11 is 0. The Kier molecular flexibility index (Phi) is 4.65. The highest BCUT2D eigenvalue weighted by Crippen LogP contribution is 2.28. The van der Waals surface area contributed by atoms with Gasteiger partial charge in [0.1, 0.15) is 10.7 Å². The number of nitrogens with zero attached hydrogens (tertiary/aromatic N) is 1. The predicted octanol–water partition coefficient (Wildman–Crippen LogP) is 2.61. The fourth-order valence-electron chi connectivity index (χ4n) is 2.67. The summed E-state index contributed by atoms with van der Waals surface area (Å²) in [6, 6.07) is 3.92. The Morgan fingerprint density at radius 1 is 1.35 bits per heavy atom. The van der Waals surface area contributed by atoms with Crippen molar-refractivity contribution in [3.8, 4) is 0 Å². The number of sulfonamides is 1. The Balaban J connectivity index is 2.28. The number of anilines is 1. The molecule has 0 saturated carbocycles. The Hall–Kier alpha value is -1.14. The van der Waals surface area contributed by atoms with Gasteiger partial charge in [0.25, 0.3) is 0 Å². The van der Waals surface area contributed by atoms with Gasteiger partial charge in [-0.05, 0) is 37.3 Å². The third-order valence-electron chi connectivity index (χ3n) is 4.01. The van der Waals surface area contributed by atoms with Crippen LogP contribution in [-0.2, 0) is 10.0 Å². The second kappa shape index (κ2) is 6.10. The highest BCUT2D eigenvalue weighted by atomic mass is 32.2. The van der Waals surface area contributed by atoms with Crippen LogP contribution in [0.15, 0.2) is 23.1 Å². The van der Waals surface area contributed by atoms with Crippen LogP contribution in [0.1, 0.15) is 32.6 Å². The van der Waals surface area contributed by atoms with Gasteiger partial charge >= 0.3 is 0 Å². The first-order chi connectivity index (χ1) is 9.46. The van der Waals surface area contributed by atoms with Crippen molar-refractivity contribution in [1.82, 2.24) is 4.31 Å². The summed E-state index contributed by atoms with van der Waals surface area (Å²) in [6.45, 7) is 3.09. The first kappa shape index (κ1) is 15.3. The molecule has 1 aromatic rings. The molecule has 2 rings (SSSR count). The van der Waals surface area contributed by atoms with Crippen molar-refractivity contribution in [1.29, 1.82) is 0 Å². The van der Waals surface area contributed by atoms with Gasteiger partial charge in [0, 0.05) is 13.1 Å². The number of nitrogen functional groups attached to an aromatic ring is 1. The van der Waals surface area contributed by atoms with Crippen LogP contribution in [0, 0.1) is 11.7 Å². The summed E-state index contributed by atoms with van der Waals surface area (Å²) in [5.74, 6) is -0.118. The molecule has 6 heteroatoms. The van der Waals surface area contributed by atoms with E-state index in [0.29, 0.717) is 19.0 Å². The minimum absolute atomic E-state index is 0.118. The van der Waals surface area contributed by atoms with Crippen LogP contribution in [0.2, 0.25) is 0 Å². The van der Waals surface area contributed by atoms with Crippen LogP contribution in [-0.4, -0.2) is 25.8 Å². The minimum Gasteiger partial charge on any atom is -0.395 e. The molecule has 112 valence electrons. The van der Waals surface area contributed by atoms with E-state index in [1.165, 1.54) is 22.5 Å². The average Bonchev–Trinajstić information content (AvgIpc) is 2.67. The molecule has 20 heavy (non-hydrogen) atoms. The first-order valence-electron chi connectivity index (χ1n) is 7.01. The zero-order valence-corrected chi connectivity index (χ0v) is 12.5. The highest BCUT2D eigenvalue weighted by Gasteiger charge is 2.29. The first-order valence-corrected chi connectivity index (χ1v) is 8.45. The van der Waals surface area contributed by atoms with Crippen molar-refractivity contribution in [3.63, 3.8) is 0 Å². The van der Waals surface area contributed by atoms with E-state index in [-0.39, 0.29) is 10.6 Å². The molecule has 0 aromatic heterocycles. The van der Waals surface area contributed by atoms with Gasteiger partial charge in [-0.15, -0.1) is 0 Å². The lowest BCUT2D eigenvalue weighted by atomic mass is 9.98. The summed E-state index contributed by atoms with van der Waals surface area (Å²) in [5.41, 5.74) is 5.30. The maximum absolute atomic E-state index is 13.5. The normalized spacial score (nSPS) is 21.6. The van der Waals surface area contributed by atoms with Crippen molar-refractivity contribution in [2.45, 2.75) is 37.5 Å². The van der Waals surface area contributed by atoms with Crippen molar-refractivity contribution in [2.24, 2.45) is 5.92 Å². The third-order valence-corrected chi connectivity index (χ3v) is 5.97. The maximum atomic E-state index is 13.5. The standard InChI is InChI=1S/C14H21FN2O2S/c1-2-11-5-4-9-17(10-8-11)20(18,19)13-7-3-6-12(15)14(13)16/h3,6-7,11H,2,4-5,8-10,16H2,1H3. The van der Waals surface area contributed by atoms with Crippen LogP contribution < -0.4 is 5.73 Å². The number of nitrogens with two attached hydrogens (primary N) is 1. The SMILES string of the molecule is CCC1CCCN(S(=O)(=O)c2cccc(F)c2N)CC1. The molecule has 1 atom stereocenters. The quantitative estimate of drug-likeness (QED) is 0.873. The molecule has 0 spiro atoms. The summed E-state index contributed by atoms with van der Waals surface area (Å²) in [4.78, 5) is -0.118. The van der Waals surface area contributed by atoms with Crippen LogP contribution in [0.25, 0.3) is 0 Å². The summed E-state index contributed by atoms with van der Waals surface area (Å²) in [5, 5.41) is 0. The molecule has 0 radical (unpaired) electrons. The van der Waals surface area contributed by atoms with Crippen molar-refractivity contribution < 1.29 is 12.8 Å². The van der Waals surface area contributed by atoms with Crippen LogP contribution in [0.5, 0.6) is 0 Å². The fourth-order valence-corrected chi connectivity index (χ4v) is 4.29. The molecule has 1 saturated heterocycles. The van der Waals surface area contributed by atoms with Gasteiger partial charge in [-0.2, -0.15) is 4.31 Å². The maximum Gasteiger partial charge on any atom is 0.245 e. The van der Waals surface area contributed by atoms with E-state index in [1.54, 1.807) is 0 Å². The minimum atomic E-state index is -3.70. The molecule has 0 bridgehead atoms. The van der Waals surface area contributed by atoms with Gasteiger partial charge in [0.2, 0.25) is 10.0 Å². The number of halogens is 1. The molecule has 1 unspecified atom stereocenters. The zero-order chi connectivity index (χ0) is 14.8. The van der Waals surface area contributed by atoms with Crippen LogP contribution in [0.3, 0.4) is 0 Å². The van der Waals surface area contributed by atoms with Gasteiger partial charge in [-0.25, -0.2) is 12.8 Å². The number of hydrogen-bond acceptors (Lipinski definition) is 3. The molecule has 1 aliphatic heterocycles. The molecule has 1 heterocycles. The molecular formula is C14H21FN2O2S. The average molecular weight is 300 g/mol. The van der Waals surface area contributed by atoms with Gasteiger partial charge in [0.05, 0.1) is 5.69 Å². The highest BCUT2D eigenvalue weighted by molar-refractivity contribution is 7.89. The Labute approximate surface area is 119 Å². The van der Waals surface area contributed by atoms with E-state index in [4.69, 9.17) is 5.73 Å². The largest absolute Gasteiger partial charge is 0.395 e. The lowest BCUT2D eigenvalue weighted by Crippen LogP contribution is -2.32. The number of para-hydroxylation sites is 1. The third kappa shape index (κ3) is 2.96. The van der Waals surface area contributed by atoms with Gasteiger partial charge in [-0.1, -0.05) is 19.4 Å². The van der Waals surface area contributed by atoms with E-state index in [1.807, 2.05) is 0 Å². The second-order valence-corrected chi connectivity index (χ2v) is 7.17. The number of benzene rings is 1. The van der Waals surface area contributed by atoms with E-state index in [0.717, 1.165) is 25.7 Å². The summed E-state index contributed by atoms with van der Waals surface area (Å²) in [6.07, 6.45) is 3.80. The Morgan fingerprint density at radius 3 is 2.80 bits per heavy atom. The van der Waals surface area contributed by atoms with E-state index < -0.39 is 15.8 Å². The summed E-state index contributed by atoms with van der Waals surface area (Å²) in [7, 11) is -3.70. The van der Waals surface area contributed by atoms with E-state index in [9.17, 15) is 12.8 Å². The summed E-state index contributed by atoms with van der Waals surface area (Å²) < 4.78 is 40.1. The van der Waals surface area contributed by atoms with Gasteiger partial charge in [0.15, 0.2) is 0 Å². The Morgan fingerprint density at radius 2 is 2.10 bits per heavy atom. The smallest absolute Gasteiger partial charge is 0.245 e. The molecule has 0 amide bonds. The second-order valence-electron chi connectivity index (χ2n) is 5.26. The fraction of sp³-hybridized carbons (Fsp3) is 0.571. The molecule has 0 aliphatic carbocycles.